The molecule has 1 atom stereocenters. The van der Waals surface area contributed by atoms with Gasteiger partial charge in [-0.05, 0) is 141 Å². The van der Waals surface area contributed by atoms with Crippen molar-refractivity contribution in [2.75, 3.05) is 51.3 Å². The van der Waals surface area contributed by atoms with E-state index in [-0.39, 0.29) is 41.0 Å². The molecule has 4 heterocycles. The molecule has 0 unspecified atom stereocenters. The first-order valence-electron chi connectivity index (χ1n) is 25.9. The molecule has 2 saturated carbocycles. The maximum atomic E-state index is 14.1. The third-order valence-corrected chi connectivity index (χ3v) is 17.5. The molecule has 2 saturated heterocycles. The highest BCUT2D eigenvalue weighted by Gasteiger charge is 2.50. The Morgan fingerprint density at radius 3 is 2.41 bits per heavy atom. The highest BCUT2D eigenvalue weighted by atomic mass is 32.2. The lowest BCUT2D eigenvalue weighted by Crippen LogP contribution is -2.60. The number of nitrogens with zero attached hydrogens (tertiary/aromatic N) is 5. The molecule has 1 amide bonds. The molecular formula is C57H67N7O9S. The van der Waals surface area contributed by atoms with Crippen LogP contribution in [0.5, 0.6) is 23.0 Å². The van der Waals surface area contributed by atoms with Crippen molar-refractivity contribution in [3.05, 3.63) is 142 Å². The maximum Gasteiger partial charge on any atom is 0.312 e. The van der Waals surface area contributed by atoms with Gasteiger partial charge < -0.3 is 29.2 Å². The smallest absolute Gasteiger partial charge is 0.312 e. The number of aliphatic hydroxyl groups is 1. The lowest BCUT2D eigenvalue weighted by molar-refractivity contribution is -0.386. The second kappa shape index (κ2) is 21.0. The molecule has 4 aliphatic rings. The number of carbonyl (C=O) groups is 1. The number of ether oxygens (including phenoxy) is 3. The van der Waals surface area contributed by atoms with E-state index in [1.54, 1.807) is 38.4 Å². The summed E-state index contributed by atoms with van der Waals surface area (Å²) in [4.78, 5) is 40.4. The zero-order chi connectivity index (χ0) is 51.8. The SMILES string of the molecule is COc1ccc(CN2CCN(C3CC4(CCN(c5ccc(C(=O)NS(=O)(=O)c6ccc(OCC7CCC(C)(O)CC7)c([N+](=O)[O-])c6)c(Oc6cnc7[nH]ccc7c6)c5)CC4)C3)[C@H](c3ccccc3C(C)C)C2)cc1. The van der Waals surface area contributed by atoms with E-state index in [4.69, 9.17) is 14.2 Å². The average molecular weight is 1030 g/mol. The fourth-order valence-corrected chi connectivity index (χ4v) is 12.8. The summed E-state index contributed by atoms with van der Waals surface area (Å²) in [5.41, 5.74) is 4.53. The topological polar surface area (TPSA) is 193 Å². The van der Waals surface area contributed by atoms with E-state index in [9.17, 15) is 28.4 Å². The molecule has 74 heavy (non-hydrogen) atoms. The number of amides is 1. The quantitative estimate of drug-likeness (QED) is 0.0613. The van der Waals surface area contributed by atoms with Crippen LogP contribution in [0, 0.1) is 21.4 Å². The number of fused-ring (bicyclic) bond motifs is 1. The lowest BCUT2D eigenvalue weighted by atomic mass is 9.59. The largest absolute Gasteiger partial charge is 0.497 e. The van der Waals surface area contributed by atoms with Gasteiger partial charge in [-0.3, -0.25) is 24.7 Å². The molecule has 17 heteroatoms. The van der Waals surface area contributed by atoms with Crippen LogP contribution in [0.25, 0.3) is 11.0 Å². The van der Waals surface area contributed by atoms with Crippen LogP contribution in [0.2, 0.25) is 0 Å². The normalized spacial score (nSPS) is 21.6. The van der Waals surface area contributed by atoms with Gasteiger partial charge in [0.2, 0.25) is 0 Å². The predicted octanol–water partition coefficient (Wildman–Crippen LogP) is 10.1. The minimum Gasteiger partial charge on any atom is -0.497 e. The van der Waals surface area contributed by atoms with E-state index in [1.165, 1.54) is 35.0 Å². The Bertz CT molecular complexity index is 3100. The first kappa shape index (κ1) is 51.0. The number of hydrogen-bond donors (Lipinski definition) is 3. The Morgan fingerprint density at radius 1 is 0.919 bits per heavy atom. The average Bonchev–Trinajstić information content (AvgIpc) is 3.86. The summed E-state index contributed by atoms with van der Waals surface area (Å²) in [6.45, 7) is 12.0. The maximum absolute atomic E-state index is 14.1. The Labute approximate surface area is 433 Å². The van der Waals surface area contributed by atoms with Gasteiger partial charge >= 0.3 is 5.69 Å². The minimum atomic E-state index is -4.62. The van der Waals surface area contributed by atoms with Crippen molar-refractivity contribution in [3.63, 3.8) is 0 Å². The number of anilines is 1. The summed E-state index contributed by atoms with van der Waals surface area (Å²) in [6.07, 6.45) is 10.2. The number of H-pyrrole nitrogens is 1. The molecule has 0 radical (unpaired) electrons. The molecule has 2 aliphatic carbocycles. The molecular weight excluding hydrogens is 959 g/mol. The number of piperidine rings is 1. The van der Waals surface area contributed by atoms with E-state index in [0.717, 1.165) is 87.8 Å². The van der Waals surface area contributed by atoms with Crippen molar-refractivity contribution < 1.29 is 37.5 Å². The highest BCUT2D eigenvalue weighted by molar-refractivity contribution is 7.90. The van der Waals surface area contributed by atoms with Gasteiger partial charge in [0, 0.05) is 80.8 Å². The van der Waals surface area contributed by atoms with Crippen LogP contribution >= 0.6 is 0 Å². The summed E-state index contributed by atoms with van der Waals surface area (Å²) in [5.74, 6) is 0.811. The van der Waals surface area contributed by atoms with Crippen LogP contribution in [0.4, 0.5) is 11.4 Å². The van der Waals surface area contributed by atoms with E-state index in [2.05, 4.69) is 79.6 Å². The number of sulfonamides is 1. The number of piperazine rings is 1. The van der Waals surface area contributed by atoms with Crippen LogP contribution in [0.3, 0.4) is 0 Å². The Balaban J connectivity index is 0.830. The van der Waals surface area contributed by atoms with Crippen LogP contribution in [-0.4, -0.2) is 102 Å². The number of nitro groups is 1. The van der Waals surface area contributed by atoms with Gasteiger partial charge in [0.1, 0.15) is 22.9 Å². The standard InChI is InChI=1S/C57H67N7O9S/c1-38(2)47-7-5-6-8-48(47)51-36-61(35-39-9-12-44(71-4)13-10-39)27-28-63(51)43-32-57(33-43)22-25-62(26-23-57)42-11-15-49(53(30-42)73-45-29-41-19-24-58-54(41)59-34-45)55(65)60-74(69,70)46-14-16-52(50(31-46)64(67)68)72-37-40-17-20-56(3,66)21-18-40/h5-16,19,24,29-31,34,38,40,43,51,66H,17-18,20-23,25-28,32-33,35-37H2,1-4H3,(H,58,59)(H,60,65)/t40?,51-,56?/m0/s1. The van der Waals surface area contributed by atoms with Crippen molar-refractivity contribution >= 4 is 38.3 Å². The molecule has 3 N–H and O–H groups in total. The number of hydrogen-bond acceptors (Lipinski definition) is 13. The molecule has 390 valence electrons. The number of benzene rings is 4. The van der Waals surface area contributed by atoms with Crippen LogP contribution < -0.4 is 23.8 Å². The number of aromatic nitrogens is 2. The fourth-order valence-electron chi connectivity index (χ4n) is 11.8. The molecule has 0 bridgehead atoms. The molecule has 4 aromatic carbocycles. The number of nitro benzene ring substituents is 1. The summed E-state index contributed by atoms with van der Waals surface area (Å²) < 4.78 is 47.5. The van der Waals surface area contributed by atoms with Crippen molar-refractivity contribution in [1.82, 2.24) is 24.5 Å². The van der Waals surface area contributed by atoms with Crippen molar-refractivity contribution in [2.45, 2.75) is 107 Å². The monoisotopic (exact) mass is 1030 g/mol. The van der Waals surface area contributed by atoms with E-state index in [0.29, 0.717) is 49.0 Å². The molecule has 16 nitrogen and oxygen atoms in total. The summed E-state index contributed by atoms with van der Waals surface area (Å²) >= 11 is 0. The number of methoxy groups -OCH3 is 1. The van der Waals surface area contributed by atoms with Gasteiger partial charge in [-0.25, -0.2) is 18.1 Å². The van der Waals surface area contributed by atoms with Gasteiger partial charge in [-0.2, -0.15) is 0 Å². The number of rotatable bonds is 16. The zero-order valence-electron chi connectivity index (χ0n) is 42.7. The molecule has 4 fully saturated rings. The molecule has 10 rings (SSSR count). The number of carbonyl (C=O) groups excluding carboxylic acids is 1. The molecule has 2 aliphatic heterocycles. The van der Waals surface area contributed by atoms with E-state index >= 15 is 0 Å². The zero-order valence-corrected chi connectivity index (χ0v) is 43.5. The molecule has 6 aromatic rings. The van der Waals surface area contributed by atoms with Gasteiger partial charge in [0.15, 0.2) is 5.75 Å². The Kier molecular flexibility index (Phi) is 14.5. The third-order valence-electron chi connectivity index (χ3n) is 16.2. The van der Waals surface area contributed by atoms with Crippen molar-refractivity contribution in [2.24, 2.45) is 11.3 Å². The Hall–Kier alpha value is -6.53. The highest BCUT2D eigenvalue weighted by Crippen LogP contribution is 2.53. The van der Waals surface area contributed by atoms with Gasteiger partial charge in [-0.15, -0.1) is 0 Å². The summed E-state index contributed by atoms with van der Waals surface area (Å²) in [5, 5.41) is 23.3. The number of nitrogens with one attached hydrogen (secondary N) is 2. The van der Waals surface area contributed by atoms with Crippen LogP contribution in [0.15, 0.2) is 114 Å². The first-order valence-corrected chi connectivity index (χ1v) is 27.4. The lowest BCUT2D eigenvalue weighted by Gasteiger charge is -2.58. The number of aromatic amines is 1. The summed E-state index contributed by atoms with van der Waals surface area (Å²) in [6, 6.07) is 30.3. The third kappa shape index (κ3) is 11.1. The molecule has 1 spiro atoms. The fraction of sp³-hybridized carbons (Fsp3) is 0.439. The van der Waals surface area contributed by atoms with Crippen LogP contribution in [-0.2, 0) is 16.6 Å². The van der Waals surface area contributed by atoms with Crippen molar-refractivity contribution in [3.8, 4) is 23.0 Å². The second-order valence-corrected chi connectivity index (χ2v) is 23.3. The first-order chi connectivity index (χ1) is 35.5. The van der Waals surface area contributed by atoms with Crippen LogP contribution in [0.1, 0.15) is 111 Å². The Morgan fingerprint density at radius 2 is 1.68 bits per heavy atom. The minimum absolute atomic E-state index is 0.0413. The van der Waals surface area contributed by atoms with Gasteiger partial charge in [0.25, 0.3) is 15.9 Å². The molecule has 2 aromatic heterocycles. The second-order valence-electron chi connectivity index (χ2n) is 21.6. The van der Waals surface area contributed by atoms with Gasteiger partial charge in [0.05, 0.1) is 40.9 Å². The van der Waals surface area contributed by atoms with E-state index in [1.807, 2.05) is 24.3 Å². The van der Waals surface area contributed by atoms with E-state index < -0.39 is 37.0 Å². The number of pyridine rings is 1. The van der Waals surface area contributed by atoms with Crippen molar-refractivity contribution in [1.29, 1.82) is 0 Å². The predicted molar refractivity (Wildman–Crippen MR) is 284 cm³/mol. The summed E-state index contributed by atoms with van der Waals surface area (Å²) in [7, 11) is -2.92. The van der Waals surface area contributed by atoms with Gasteiger partial charge in [-0.1, -0.05) is 50.2 Å².